The number of benzene rings is 5. The molecule has 40 heavy (non-hydrogen) atoms. The van der Waals surface area contributed by atoms with E-state index in [1.165, 1.54) is 14.2 Å². The second-order valence-electron chi connectivity index (χ2n) is 9.20. The van der Waals surface area contributed by atoms with Gasteiger partial charge in [-0.2, -0.15) is 0 Å². The number of hydrogen-bond donors (Lipinski definition) is 0. The fourth-order valence-electron chi connectivity index (χ4n) is 5.13. The topological polar surface area (TPSA) is 76.2 Å². The van der Waals surface area contributed by atoms with Crippen molar-refractivity contribution in [1.29, 1.82) is 0 Å². The number of carbonyl (C=O) groups is 3. The molecule has 0 spiro atoms. The first-order valence-electron chi connectivity index (χ1n) is 12.6. The van der Waals surface area contributed by atoms with E-state index in [2.05, 4.69) is 6.07 Å². The highest BCUT2D eigenvalue weighted by molar-refractivity contribution is 6.46. The third-order valence-electron chi connectivity index (χ3n) is 7.00. The molecule has 4 amide bonds. The average molecular weight is 529 g/mol. The fraction of sp³-hybridized carbons (Fsp3) is 0.0606. The van der Waals surface area contributed by atoms with E-state index in [1.807, 2.05) is 48.5 Å². The van der Waals surface area contributed by atoms with Crippen LogP contribution in [0.5, 0.6) is 11.5 Å². The molecule has 0 atom stereocenters. The molecule has 5 aromatic rings. The number of hydrogen-bond acceptors (Lipinski definition) is 5. The zero-order chi connectivity index (χ0) is 27.8. The molecule has 0 saturated carbocycles. The zero-order valence-corrected chi connectivity index (χ0v) is 21.8. The first-order chi connectivity index (χ1) is 19.5. The van der Waals surface area contributed by atoms with Crippen LogP contribution in [0.4, 0.5) is 16.2 Å². The zero-order valence-electron chi connectivity index (χ0n) is 21.8. The molecule has 1 heterocycles. The summed E-state index contributed by atoms with van der Waals surface area (Å²) in [4.78, 5) is 44.2. The van der Waals surface area contributed by atoms with Crippen LogP contribution < -0.4 is 19.3 Å². The minimum Gasteiger partial charge on any atom is -0.495 e. The Morgan fingerprint density at radius 2 is 1.00 bits per heavy atom. The van der Waals surface area contributed by atoms with E-state index < -0.39 is 17.8 Å². The number of imide groups is 2. The van der Waals surface area contributed by atoms with Crippen molar-refractivity contribution in [2.45, 2.75) is 0 Å². The third kappa shape index (κ3) is 3.96. The summed E-state index contributed by atoms with van der Waals surface area (Å²) in [5, 5.41) is 3.67. The summed E-state index contributed by atoms with van der Waals surface area (Å²) >= 11 is 0. The third-order valence-corrected chi connectivity index (χ3v) is 7.00. The van der Waals surface area contributed by atoms with Gasteiger partial charge in [-0.15, -0.1) is 0 Å². The quantitative estimate of drug-likeness (QED) is 0.146. The Balaban J connectivity index is 1.64. The average Bonchev–Trinajstić information content (AvgIpc) is 2.99. The van der Waals surface area contributed by atoms with Crippen LogP contribution in [0.1, 0.15) is 5.56 Å². The minimum absolute atomic E-state index is 0.169. The minimum atomic E-state index is -0.830. The Morgan fingerprint density at radius 1 is 0.575 bits per heavy atom. The lowest BCUT2D eigenvalue weighted by Crippen LogP contribution is -2.57. The van der Waals surface area contributed by atoms with Gasteiger partial charge in [0.2, 0.25) is 0 Å². The summed E-state index contributed by atoms with van der Waals surface area (Å²) in [6.07, 6.45) is 1.59. The Morgan fingerprint density at radius 3 is 1.48 bits per heavy atom. The first-order valence-corrected chi connectivity index (χ1v) is 12.6. The van der Waals surface area contributed by atoms with E-state index in [0.29, 0.717) is 17.1 Å². The lowest BCUT2D eigenvalue weighted by Gasteiger charge is -2.35. The Kier molecular flexibility index (Phi) is 6.24. The van der Waals surface area contributed by atoms with Gasteiger partial charge in [0.05, 0.1) is 25.6 Å². The summed E-state index contributed by atoms with van der Waals surface area (Å²) in [6, 6.07) is 30.2. The van der Waals surface area contributed by atoms with E-state index in [9.17, 15) is 14.4 Å². The predicted molar refractivity (Wildman–Crippen MR) is 156 cm³/mol. The van der Waals surface area contributed by atoms with Crippen LogP contribution in [0.2, 0.25) is 0 Å². The van der Waals surface area contributed by atoms with Crippen molar-refractivity contribution in [3.8, 4) is 11.5 Å². The molecule has 0 radical (unpaired) electrons. The number of carbonyl (C=O) groups excluding carboxylic acids is 3. The number of anilines is 2. The fourth-order valence-corrected chi connectivity index (χ4v) is 5.13. The molecule has 0 N–H and O–H groups in total. The molecule has 7 nitrogen and oxygen atoms in total. The number of ether oxygens (including phenoxy) is 2. The number of para-hydroxylation sites is 4. The molecule has 1 saturated heterocycles. The van der Waals surface area contributed by atoms with Gasteiger partial charge in [0.1, 0.15) is 17.1 Å². The van der Waals surface area contributed by atoms with Gasteiger partial charge >= 0.3 is 6.03 Å². The summed E-state index contributed by atoms with van der Waals surface area (Å²) in [6.45, 7) is 0. The van der Waals surface area contributed by atoms with Gasteiger partial charge in [-0.3, -0.25) is 9.59 Å². The van der Waals surface area contributed by atoms with Gasteiger partial charge < -0.3 is 9.47 Å². The van der Waals surface area contributed by atoms with Crippen molar-refractivity contribution in [3.05, 3.63) is 114 Å². The van der Waals surface area contributed by atoms with Gasteiger partial charge in [0, 0.05) is 0 Å². The molecule has 196 valence electrons. The number of nitrogens with zero attached hydrogens (tertiary/aromatic N) is 2. The Labute approximate surface area is 230 Å². The van der Waals surface area contributed by atoms with Crippen LogP contribution in [0.25, 0.3) is 27.6 Å². The molecule has 5 aromatic carbocycles. The standard InChI is InChI=1S/C33H24N2O5/c1-39-29-17-9-7-15-27(29)34-31(36)26(32(37)35(33(34)38)28-16-8-10-18-30(28)40-2)20-25-23-13-5-3-11-21(23)19-22-12-4-6-14-24(22)25/h3-20H,1-2H3. The molecule has 0 unspecified atom stereocenters. The van der Waals surface area contributed by atoms with Crippen molar-refractivity contribution in [2.75, 3.05) is 24.0 Å². The maximum absolute atomic E-state index is 14.1. The van der Waals surface area contributed by atoms with Gasteiger partial charge in [-0.05, 0) is 63.5 Å². The molecule has 6 rings (SSSR count). The Hall–Kier alpha value is -5.43. The second-order valence-corrected chi connectivity index (χ2v) is 9.20. The summed E-state index contributed by atoms with van der Waals surface area (Å²) in [5.74, 6) is -0.868. The van der Waals surface area contributed by atoms with Gasteiger partial charge in [-0.25, -0.2) is 14.6 Å². The lowest BCUT2D eigenvalue weighted by molar-refractivity contribution is -0.121. The van der Waals surface area contributed by atoms with Crippen molar-refractivity contribution in [2.24, 2.45) is 0 Å². The maximum Gasteiger partial charge on any atom is 0.343 e. The largest absolute Gasteiger partial charge is 0.495 e. The molecule has 1 aliphatic heterocycles. The first kappa shape index (κ1) is 24.9. The van der Waals surface area contributed by atoms with E-state index in [0.717, 1.165) is 31.3 Å². The highest BCUT2D eigenvalue weighted by atomic mass is 16.5. The van der Waals surface area contributed by atoms with Crippen molar-refractivity contribution < 1.29 is 23.9 Å². The maximum atomic E-state index is 14.1. The van der Waals surface area contributed by atoms with Gasteiger partial charge in [0.15, 0.2) is 0 Å². The SMILES string of the molecule is COc1ccccc1N1C(=O)C(=Cc2c3ccccc3cc3ccccc23)C(=O)N(c2ccccc2OC)C1=O. The van der Waals surface area contributed by atoms with Gasteiger partial charge in [0.25, 0.3) is 11.8 Å². The molecule has 1 aliphatic rings. The summed E-state index contributed by atoms with van der Waals surface area (Å²) in [7, 11) is 2.92. The number of methoxy groups -OCH3 is 2. The van der Waals surface area contributed by atoms with Crippen LogP contribution in [0.15, 0.2) is 109 Å². The molecular formula is C33H24N2O5. The van der Waals surface area contributed by atoms with Crippen LogP contribution in [0, 0.1) is 0 Å². The predicted octanol–water partition coefficient (Wildman–Crippen LogP) is 6.59. The van der Waals surface area contributed by atoms with Crippen LogP contribution in [0.3, 0.4) is 0 Å². The van der Waals surface area contributed by atoms with Crippen LogP contribution >= 0.6 is 0 Å². The number of amides is 4. The van der Waals surface area contributed by atoms with E-state index >= 15 is 0 Å². The normalized spacial score (nSPS) is 13.8. The molecule has 0 aromatic heterocycles. The smallest absolute Gasteiger partial charge is 0.343 e. The summed E-state index contributed by atoms with van der Waals surface area (Å²) < 4.78 is 11.0. The van der Waals surface area contributed by atoms with E-state index in [-0.39, 0.29) is 16.9 Å². The van der Waals surface area contributed by atoms with E-state index in [1.54, 1.807) is 54.6 Å². The highest BCUT2D eigenvalue weighted by Gasteiger charge is 2.45. The number of urea groups is 1. The number of fused-ring (bicyclic) bond motifs is 2. The van der Waals surface area contributed by atoms with Crippen molar-refractivity contribution >= 4 is 56.8 Å². The van der Waals surface area contributed by atoms with E-state index in [4.69, 9.17) is 9.47 Å². The highest BCUT2D eigenvalue weighted by Crippen LogP contribution is 2.38. The molecule has 0 bridgehead atoms. The lowest BCUT2D eigenvalue weighted by atomic mass is 9.94. The number of barbiturate groups is 1. The van der Waals surface area contributed by atoms with Crippen molar-refractivity contribution in [3.63, 3.8) is 0 Å². The van der Waals surface area contributed by atoms with Crippen LogP contribution in [-0.4, -0.2) is 32.1 Å². The van der Waals surface area contributed by atoms with Crippen LogP contribution in [-0.2, 0) is 9.59 Å². The molecule has 7 heteroatoms. The Bertz CT molecular complexity index is 1730. The van der Waals surface area contributed by atoms with Crippen molar-refractivity contribution in [1.82, 2.24) is 0 Å². The monoisotopic (exact) mass is 528 g/mol. The molecule has 1 fully saturated rings. The number of rotatable bonds is 5. The second kappa shape index (κ2) is 10.0. The summed E-state index contributed by atoms with van der Waals surface area (Å²) in [5.41, 5.74) is 0.986. The van der Waals surface area contributed by atoms with Gasteiger partial charge in [-0.1, -0.05) is 72.8 Å². The molecular weight excluding hydrogens is 504 g/mol. The molecule has 0 aliphatic carbocycles.